The highest BCUT2D eigenvalue weighted by molar-refractivity contribution is 14.1. The lowest BCUT2D eigenvalue weighted by Gasteiger charge is -2.10. The van der Waals surface area contributed by atoms with E-state index in [0.717, 1.165) is 3.57 Å². The minimum Gasteiger partial charge on any atom is -0.395 e. The molecule has 11 heteroatoms. The van der Waals surface area contributed by atoms with Crippen molar-refractivity contribution in [2.24, 2.45) is 0 Å². The molecule has 0 fully saturated rings. The predicted octanol–water partition coefficient (Wildman–Crippen LogP) is 3.29. The maximum Gasteiger partial charge on any atom is 0.586 e. The van der Waals surface area contributed by atoms with Crippen molar-refractivity contribution in [1.82, 2.24) is 9.97 Å². The highest BCUT2D eigenvalue weighted by Crippen LogP contribution is 2.46. The molecule has 0 saturated heterocycles. The minimum absolute atomic E-state index is 0.0585. The van der Waals surface area contributed by atoms with Crippen LogP contribution in [0.25, 0.3) is 11.0 Å². The smallest absolute Gasteiger partial charge is 0.395 e. The van der Waals surface area contributed by atoms with E-state index in [1.165, 1.54) is 24.4 Å². The molecule has 130 valence electrons. The van der Waals surface area contributed by atoms with E-state index in [2.05, 4.69) is 24.2 Å². The van der Waals surface area contributed by atoms with Crippen molar-refractivity contribution < 1.29 is 26.7 Å². The van der Waals surface area contributed by atoms with Crippen molar-refractivity contribution in [3.63, 3.8) is 0 Å². The summed E-state index contributed by atoms with van der Waals surface area (Å²) in [6, 6.07) is 5.59. The number of nitrogens with one attached hydrogen (secondary N) is 2. The third-order valence-corrected chi connectivity index (χ3v) is 5.42. The summed E-state index contributed by atoms with van der Waals surface area (Å²) >= 11 is 2.01. The third-order valence-electron chi connectivity index (χ3n) is 3.42. The number of halogens is 3. The number of aromatic nitrogens is 2. The fourth-order valence-corrected chi connectivity index (χ4v) is 4.10. The summed E-state index contributed by atoms with van der Waals surface area (Å²) in [6.45, 7) is 0. The molecule has 2 N–H and O–H groups in total. The van der Waals surface area contributed by atoms with Gasteiger partial charge in [0, 0.05) is 21.4 Å². The summed E-state index contributed by atoms with van der Waals surface area (Å²) in [4.78, 5) is 6.80. The molecule has 0 bridgehead atoms. The van der Waals surface area contributed by atoms with Gasteiger partial charge in [0.1, 0.15) is 10.5 Å². The Balaban J connectivity index is 1.76. The SMILES string of the molecule is O=S(=O)(Nc1cccc2c1OC(F)(F)O2)c1c[nH]c2ncc(I)cc12. The summed E-state index contributed by atoms with van der Waals surface area (Å²) in [6.07, 6.45) is -0.976. The van der Waals surface area contributed by atoms with Crippen molar-refractivity contribution in [3.8, 4) is 11.5 Å². The van der Waals surface area contributed by atoms with Gasteiger partial charge in [-0.1, -0.05) is 6.07 Å². The first-order valence-electron chi connectivity index (χ1n) is 6.79. The number of para-hydroxylation sites is 1. The molecule has 0 aliphatic carbocycles. The number of alkyl halides is 2. The maximum atomic E-state index is 13.2. The molecular weight excluding hydrogens is 471 g/mol. The topological polar surface area (TPSA) is 93.3 Å². The quantitative estimate of drug-likeness (QED) is 0.563. The Hall–Kier alpha value is -2.15. The first-order chi connectivity index (χ1) is 11.8. The number of nitrogens with zero attached hydrogens (tertiary/aromatic N) is 1. The van der Waals surface area contributed by atoms with E-state index in [4.69, 9.17) is 0 Å². The lowest BCUT2D eigenvalue weighted by Crippen LogP contribution is -2.26. The molecule has 0 amide bonds. The number of pyridine rings is 1. The number of aromatic amines is 1. The Morgan fingerprint density at radius 2 is 2.08 bits per heavy atom. The van der Waals surface area contributed by atoms with Gasteiger partial charge < -0.3 is 14.5 Å². The number of rotatable bonds is 3. The van der Waals surface area contributed by atoms with Crippen LogP contribution in [0.1, 0.15) is 0 Å². The van der Waals surface area contributed by atoms with Crippen molar-refractivity contribution in [1.29, 1.82) is 0 Å². The number of hydrogen-bond donors (Lipinski definition) is 2. The standard InChI is InChI=1S/C14H8F2IN3O4S/c15-14(16)23-10-3-1-2-9(12(10)24-14)20-25(21,22)11-6-19-13-8(11)4-7(17)5-18-13/h1-6,20H,(H,18,19). The summed E-state index contributed by atoms with van der Waals surface area (Å²) in [5, 5.41) is 0.384. The van der Waals surface area contributed by atoms with E-state index in [9.17, 15) is 17.2 Å². The molecule has 2 aromatic heterocycles. The monoisotopic (exact) mass is 479 g/mol. The Morgan fingerprint density at radius 3 is 2.88 bits per heavy atom. The third kappa shape index (κ3) is 2.86. The number of benzene rings is 1. The predicted molar refractivity (Wildman–Crippen MR) is 92.3 cm³/mol. The van der Waals surface area contributed by atoms with Gasteiger partial charge >= 0.3 is 6.29 Å². The first-order valence-corrected chi connectivity index (χ1v) is 9.36. The van der Waals surface area contributed by atoms with E-state index in [0.29, 0.717) is 11.0 Å². The van der Waals surface area contributed by atoms with Crippen LogP contribution < -0.4 is 14.2 Å². The lowest BCUT2D eigenvalue weighted by molar-refractivity contribution is -0.286. The van der Waals surface area contributed by atoms with Gasteiger partial charge in [0.2, 0.25) is 0 Å². The molecule has 0 saturated carbocycles. The molecule has 0 spiro atoms. The summed E-state index contributed by atoms with van der Waals surface area (Å²) in [5.74, 6) is -0.621. The van der Waals surface area contributed by atoms with Crippen LogP contribution in [0.5, 0.6) is 11.5 Å². The summed E-state index contributed by atoms with van der Waals surface area (Å²) in [5.41, 5.74) is 0.243. The average molecular weight is 479 g/mol. The Labute approximate surface area is 153 Å². The number of H-pyrrole nitrogens is 1. The molecule has 1 aliphatic heterocycles. The molecular formula is C14H8F2IN3O4S. The molecule has 4 rings (SSSR count). The van der Waals surface area contributed by atoms with Crippen LogP contribution >= 0.6 is 22.6 Å². The van der Waals surface area contributed by atoms with Crippen molar-refractivity contribution in [3.05, 3.63) is 40.2 Å². The Morgan fingerprint density at radius 1 is 1.28 bits per heavy atom. The molecule has 3 aromatic rings. The average Bonchev–Trinajstić information content (AvgIpc) is 3.06. The van der Waals surface area contributed by atoms with Gasteiger partial charge in [0.25, 0.3) is 10.0 Å². The van der Waals surface area contributed by atoms with Crippen LogP contribution in [0, 0.1) is 3.57 Å². The fourth-order valence-electron chi connectivity index (χ4n) is 2.43. The van der Waals surface area contributed by atoms with Crippen molar-refractivity contribution in [2.45, 2.75) is 11.2 Å². The second kappa shape index (κ2) is 5.42. The molecule has 0 radical (unpaired) electrons. The van der Waals surface area contributed by atoms with Crippen LogP contribution in [0.4, 0.5) is 14.5 Å². The molecule has 0 unspecified atom stereocenters. The van der Waals surface area contributed by atoms with E-state index in [1.807, 2.05) is 22.6 Å². The van der Waals surface area contributed by atoms with Gasteiger partial charge in [0.15, 0.2) is 11.5 Å². The highest BCUT2D eigenvalue weighted by Gasteiger charge is 2.45. The zero-order valence-electron chi connectivity index (χ0n) is 12.1. The highest BCUT2D eigenvalue weighted by atomic mass is 127. The zero-order valence-corrected chi connectivity index (χ0v) is 15.1. The second-order valence-corrected chi connectivity index (χ2v) is 8.00. The largest absolute Gasteiger partial charge is 0.586 e. The van der Waals surface area contributed by atoms with Crippen LogP contribution in [0.3, 0.4) is 0 Å². The zero-order chi connectivity index (χ0) is 17.8. The number of sulfonamides is 1. The van der Waals surface area contributed by atoms with Crippen molar-refractivity contribution in [2.75, 3.05) is 4.72 Å². The molecule has 1 aliphatic rings. The molecule has 3 heterocycles. The molecule has 25 heavy (non-hydrogen) atoms. The first kappa shape index (κ1) is 16.3. The molecule has 7 nitrogen and oxygen atoms in total. The van der Waals surface area contributed by atoms with Gasteiger partial charge in [-0.05, 0) is 40.8 Å². The van der Waals surface area contributed by atoms with Gasteiger partial charge in [-0.3, -0.25) is 4.72 Å². The summed E-state index contributed by atoms with van der Waals surface area (Å²) in [7, 11) is -4.08. The van der Waals surface area contributed by atoms with Gasteiger partial charge in [-0.15, -0.1) is 8.78 Å². The van der Waals surface area contributed by atoms with Gasteiger partial charge in [-0.2, -0.15) is 0 Å². The summed E-state index contributed by atoms with van der Waals surface area (Å²) < 4.78 is 63.6. The van der Waals surface area contributed by atoms with E-state index in [1.54, 1.807) is 12.3 Å². The van der Waals surface area contributed by atoms with Crippen LogP contribution in [-0.2, 0) is 10.0 Å². The maximum absolute atomic E-state index is 13.2. The van der Waals surface area contributed by atoms with Crippen LogP contribution in [-0.4, -0.2) is 24.7 Å². The van der Waals surface area contributed by atoms with Gasteiger partial charge in [-0.25, -0.2) is 13.4 Å². The van der Waals surface area contributed by atoms with Crippen LogP contribution in [0.15, 0.2) is 41.6 Å². The van der Waals surface area contributed by atoms with E-state index >= 15 is 0 Å². The normalized spacial score (nSPS) is 15.5. The Kier molecular flexibility index (Phi) is 3.54. The fraction of sp³-hybridized carbons (Fsp3) is 0.0714. The van der Waals surface area contributed by atoms with Crippen LogP contribution in [0.2, 0.25) is 0 Å². The number of fused-ring (bicyclic) bond motifs is 2. The molecule has 0 atom stereocenters. The number of anilines is 1. The minimum atomic E-state index is -4.08. The number of hydrogen-bond acceptors (Lipinski definition) is 5. The van der Waals surface area contributed by atoms with E-state index in [-0.39, 0.29) is 22.1 Å². The number of ether oxygens (including phenoxy) is 2. The second-order valence-electron chi connectivity index (χ2n) is 5.11. The Bertz CT molecular complexity index is 1100. The van der Waals surface area contributed by atoms with Crippen molar-refractivity contribution >= 4 is 49.3 Å². The van der Waals surface area contributed by atoms with E-state index < -0.39 is 16.3 Å². The molecule has 1 aromatic carbocycles. The van der Waals surface area contributed by atoms with Gasteiger partial charge in [0.05, 0.1) is 5.69 Å². The lowest BCUT2D eigenvalue weighted by atomic mass is 10.3.